The molecule has 4 rings (SSSR count). The number of aryl methyl sites for hydroxylation is 3. The van der Waals surface area contributed by atoms with Gasteiger partial charge in [-0.05, 0) is 32.8 Å². The second-order valence-corrected chi connectivity index (χ2v) is 7.12. The van der Waals surface area contributed by atoms with Crippen LogP contribution in [-0.2, 0) is 0 Å². The maximum absolute atomic E-state index is 13.6. The van der Waals surface area contributed by atoms with Crippen LogP contribution in [0.25, 0.3) is 11.1 Å². The molecule has 1 fully saturated rings. The predicted molar refractivity (Wildman–Crippen MR) is 95.4 cm³/mol. The van der Waals surface area contributed by atoms with Gasteiger partial charge in [0.25, 0.3) is 18.0 Å². The van der Waals surface area contributed by atoms with Crippen molar-refractivity contribution < 1.29 is 22.5 Å². The minimum absolute atomic E-state index is 0.107. The Labute approximate surface area is 159 Å². The highest BCUT2D eigenvalue weighted by Gasteiger charge is 2.31. The molecule has 0 aliphatic carbocycles. The second-order valence-electron chi connectivity index (χ2n) is 7.12. The molecule has 0 saturated carbocycles. The Morgan fingerprint density at radius 1 is 1.25 bits per heavy atom. The number of amides is 1. The molecule has 1 saturated heterocycles. The van der Waals surface area contributed by atoms with Crippen LogP contribution in [-0.4, -0.2) is 39.0 Å². The Hall–Kier alpha value is -2.84. The molecule has 0 radical (unpaired) electrons. The number of nitrogens with zero attached hydrogens (tertiary/aromatic N) is 4. The van der Waals surface area contributed by atoms with Crippen molar-refractivity contribution in [3.63, 3.8) is 0 Å². The van der Waals surface area contributed by atoms with Crippen molar-refractivity contribution in [1.29, 1.82) is 0 Å². The molecule has 0 spiro atoms. The first-order chi connectivity index (χ1) is 13.3. The number of fused-ring (bicyclic) bond motifs is 1. The fourth-order valence-corrected chi connectivity index (χ4v) is 3.81. The van der Waals surface area contributed by atoms with E-state index in [0.29, 0.717) is 36.1 Å². The molecule has 4 heterocycles. The third-order valence-corrected chi connectivity index (χ3v) is 5.13. The van der Waals surface area contributed by atoms with Crippen molar-refractivity contribution in [3.05, 3.63) is 40.4 Å². The largest absolute Gasteiger partial charge is 0.436 e. The van der Waals surface area contributed by atoms with E-state index < -0.39 is 6.43 Å². The monoisotopic (exact) mass is 390 g/mol. The lowest BCUT2D eigenvalue weighted by atomic mass is 9.92. The molecule has 0 aromatic carbocycles. The Morgan fingerprint density at radius 2 is 2.04 bits per heavy atom. The number of alkyl halides is 2. The van der Waals surface area contributed by atoms with Crippen LogP contribution in [0.4, 0.5) is 8.78 Å². The van der Waals surface area contributed by atoms with Gasteiger partial charge in [0.1, 0.15) is 0 Å². The van der Waals surface area contributed by atoms with Gasteiger partial charge < -0.3 is 13.8 Å². The van der Waals surface area contributed by atoms with Crippen LogP contribution < -0.4 is 0 Å². The number of rotatable bonds is 3. The van der Waals surface area contributed by atoms with Crippen LogP contribution in [0.3, 0.4) is 0 Å². The van der Waals surface area contributed by atoms with Crippen LogP contribution in [0.2, 0.25) is 0 Å². The van der Waals surface area contributed by atoms with E-state index in [-0.39, 0.29) is 34.2 Å². The lowest BCUT2D eigenvalue weighted by molar-refractivity contribution is 0.0671. The third-order valence-electron chi connectivity index (χ3n) is 5.13. The maximum atomic E-state index is 13.6. The van der Waals surface area contributed by atoms with Gasteiger partial charge in [0.15, 0.2) is 5.89 Å². The van der Waals surface area contributed by atoms with E-state index in [4.69, 9.17) is 8.94 Å². The van der Waals surface area contributed by atoms with Gasteiger partial charge >= 0.3 is 0 Å². The Balaban J connectivity index is 1.64. The third kappa shape index (κ3) is 3.14. The van der Waals surface area contributed by atoms with Crippen molar-refractivity contribution in [2.45, 2.75) is 46.0 Å². The topological polar surface area (TPSA) is 85.3 Å². The summed E-state index contributed by atoms with van der Waals surface area (Å²) in [4.78, 5) is 23.0. The molecule has 148 valence electrons. The van der Waals surface area contributed by atoms with Crippen LogP contribution in [0.5, 0.6) is 0 Å². The van der Waals surface area contributed by atoms with Crippen molar-refractivity contribution in [2.24, 2.45) is 0 Å². The second kappa shape index (κ2) is 6.96. The smallest absolute Gasteiger partial charge is 0.291 e. The van der Waals surface area contributed by atoms with Gasteiger partial charge in [-0.15, -0.1) is 0 Å². The molecule has 0 unspecified atom stereocenters. The van der Waals surface area contributed by atoms with E-state index in [0.717, 1.165) is 12.8 Å². The molecule has 9 heteroatoms. The molecule has 1 atom stereocenters. The zero-order valence-electron chi connectivity index (χ0n) is 15.8. The summed E-state index contributed by atoms with van der Waals surface area (Å²) in [7, 11) is 0. The highest BCUT2D eigenvalue weighted by Crippen LogP contribution is 2.34. The van der Waals surface area contributed by atoms with Gasteiger partial charge in [0, 0.05) is 37.2 Å². The maximum Gasteiger partial charge on any atom is 0.291 e. The number of hydrogen-bond acceptors (Lipinski definition) is 6. The quantitative estimate of drug-likeness (QED) is 0.670. The first-order valence-corrected chi connectivity index (χ1v) is 9.13. The first-order valence-electron chi connectivity index (χ1n) is 9.13. The fraction of sp³-hybridized carbons (Fsp3) is 0.474. The summed E-state index contributed by atoms with van der Waals surface area (Å²) in [5.74, 6) is 0.243. The molecule has 3 aromatic heterocycles. The van der Waals surface area contributed by atoms with Crippen LogP contribution in [0.1, 0.15) is 64.3 Å². The fourth-order valence-electron chi connectivity index (χ4n) is 3.81. The lowest BCUT2D eigenvalue weighted by Crippen LogP contribution is -2.39. The number of carbonyl (C=O) groups is 1. The molecule has 1 amide bonds. The minimum atomic E-state index is -2.66. The van der Waals surface area contributed by atoms with E-state index in [1.165, 1.54) is 6.07 Å². The predicted octanol–water partition coefficient (Wildman–Crippen LogP) is 4.09. The number of aromatic nitrogens is 3. The highest BCUT2D eigenvalue weighted by molar-refractivity contribution is 5.92. The normalized spacial score (nSPS) is 17.6. The van der Waals surface area contributed by atoms with Crippen molar-refractivity contribution in [2.75, 3.05) is 13.1 Å². The summed E-state index contributed by atoms with van der Waals surface area (Å²) in [6.07, 6.45) is -1.18. The summed E-state index contributed by atoms with van der Waals surface area (Å²) in [6, 6.07) is 1.42. The van der Waals surface area contributed by atoms with Gasteiger partial charge in [-0.25, -0.2) is 18.7 Å². The van der Waals surface area contributed by atoms with Gasteiger partial charge in [0.05, 0.1) is 16.8 Å². The molecular weight excluding hydrogens is 370 g/mol. The summed E-state index contributed by atoms with van der Waals surface area (Å²) in [5.41, 5.74) is 1.39. The number of hydrogen-bond donors (Lipinski definition) is 0. The number of oxazole rings is 1. The molecule has 1 aliphatic rings. The lowest BCUT2D eigenvalue weighted by Gasteiger charge is -2.32. The summed E-state index contributed by atoms with van der Waals surface area (Å²) in [6.45, 7) is 5.96. The first kappa shape index (κ1) is 18.5. The van der Waals surface area contributed by atoms with Crippen LogP contribution in [0.15, 0.2) is 15.0 Å². The summed E-state index contributed by atoms with van der Waals surface area (Å²) < 4.78 is 37.8. The summed E-state index contributed by atoms with van der Waals surface area (Å²) >= 11 is 0. The Bertz CT molecular complexity index is 1040. The van der Waals surface area contributed by atoms with Gasteiger partial charge in [0.2, 0.25) is 5.76 Å². The molecule has 1 aliphatic heterocycles. The minimum Gasteiger partial charge on any atom is -0.436 e. The van der Waals surface area contributed by atoms with E-state index in [1.807, 2.05) is 0 Å². The molecule has 3 aromatic rings. The van der Waals surface area contributed by atoms with Crippen LogP contribution >= 0.6 is 0 Å². The molecule has 7 nitrogen and oxygen atoms in total. The van der Waals surface area contributed by atoms with Crippen molar-refractivity contribution in [3.8, 4) is 0 Å². The Morgan fingerprint density at radius 3 is 2.71 bits per heavy atom. The number of carbonyl (C=O) groups excluding carboxylic acids is 1. The van der Waals surface area contributed by atoms with Crippen molar-refractivity contribution >= 4 is 17.0 Å². The van der Waals surface area contributed by atoms with Crippen molar-refractivity contribution in [1.82, 2.24) is 20.0 Å². The van der Waals surface area contributed by atoms with Gasteiger partial charge in [-0.3, -0.25) is 4.79 Å². The van der Waals surface area contributed by atoms with E-state index in [2.05, 4.69) is 15.1 Å². The van der Waals surface area contributed by atoms with E-state index in [9.17, 15) is 13.6 Å². The standard InChI is InChI=1S/C19H20F2N4O3/c1-9-15-13(17(20)21)7-14(23-18(15)28-24-9)12-5-4-6-25(8-12)19(26)16-10(2)22-11(3)27-16/h7,12,17H,4-6,8H2,1-3H3/t12-/m1/s1. The van der Waals surface area contributed by atoms with E-state index >= 15 is 0 Å². The zero-order chi connectivity index (χ0) is 20.0. The average molecular weight is 390 g/mol. The SMILES string of the molecule is Cc1nc(C)c(C(=O)N2CCC[C@@H](c3cc(C(F)F)c4c(C)noc4n3)C2)o1. The average Bonchev–Trinajstić information content (AvgIpc) is 3.22. The Kier molecular flexibility index (Phi) is 4.60. The number of piperidine rings is 1. The number of halogens is 2. The van der Waals surface area contributed by atoms with E-state index in [1.54, 1.807) is 25.7 Å². The number of pyridine rings is 1. The molecule has 28 heavy (non-hydrogen) atoms. The molecule has 0 N–H and O–H groups in total. The molecule has 0 bridgehead atoms. The van der Waals surface area contributed by atoms with Crippen LogP contribution in [0, 0.1) is 20.8 Å². The zero-order valence-corrected chi connectivity index (χ0v) is 15.8. The van der Waals surface area contributed by atoms with Gasteiger partial charge in [-0.1, -0.05) is 5.16 Å². The highest BCUT2D eigenvalue weighted by atomic mass is 19.3. The molecular formula is C19H20F2N4O3. The summed E-state index contributed by atoms with van der Waals surface area (Å²) in [5, 5.41) is 4.02. The van der Waals surface area contributed by atoms with Gasteiger partial charge in [-0.2, -0.15) is 0 Å². The number of likely N-dealkylation sites (tertiary alicyclic amines) is 1.